The minimum Gasteiger partial charge on any atom is -0.467 e. The van der Waals surface area contributed by atoms with Gasteiger partial charge >= 0.3 is 0 Å². The largest absolute Gasteiger partial charge is 0.467 e. The Bertz CT molecular complexity index is 1100. The maximum atomic E-state index is 13.8. The molecule has 1 aromatic heterocycles. The smallest absolute Gasteiger partial charge is 0.274 e. The molecule has 1 aliphatic rings. The Balaban J connectivity index is 1.39. The molecule has 0 bridgehead atoms. The van der Waals surface area contributed by atoms with Gasteiger partial charge in [-0.15, -0.1) is 0 Å². The van der Waals surface area contributed by atoms with Crippen LogP contribution in [0.3, 0.4) is 0 Å². The van der Waals surface area contributed by atoms with E-state index in [1.807, 2.05) is 0 Å². The SMILES string of the molecule is O=C(c1cccc([N+](=O)[O-])c1)N1CCC(Oc2nc3c(F)cc(F)cc3s2)CC1. The van der Waals surface area contributed by atoms with Crippen molar-refractivity contribution in [3.63, 3.8) is 0 Å². The topological polar surface area (TPSA) is 85.6 Å². The molecule has 2 aromatic carbocycles. The van der Waals surface area contributed by atoms with Gasteiger partial charge in [0, 0.05) is 49.7 Å². The van der Waals surface area contributed by atoms with E-state index in [0.29, 0.717) is 30.6 Å². The first-order valence-electron chi connectivity index (χ1n) is 8.86. The Labute approximate surface area is 167 Å². The molecule has 0 aliphatic carbocycles. The second-order valence-corrected chi connectivity index (χ2v) is 7.62. The molecule has 0 N–H and O–H groups in total. The van der Waals surface area contributed by atoms with Gasteiger partial charge in [-0.3, -0.25) is 14.9 Å². The lowest BCUT2D eigenvalue weighted by Gasteiger charge is -2.31. The predicted octanol–water partition coefficient (Wildman–Crippen LogP) is 4.17. The van der Waals surface area contributed by atoms with Crippen molar-refractivity contribution in [1.29, 1.82) is 0 Å². The number of carbonyl (C=O) groups excluding carboxylic acids is 1. The minimum atomic E-state index is -0.733. The van der Waals surface area contributed by atoms with Gasteiger partial charge in [0.15, 0.2) is 5.82 Å². The molecule has 1 amide bonds. The quantitative estimate of drug-likeness (QED) is 0.468. The third-order valence-electron chi connectivity index (χ3n) is 4.69. The van der Waals surface area contributed by atoms with E-state index in [1.165, 1.54) is 24.3 Å². The molecule has 4 rings (SSSR count). The van der Waals surface area contributed by atoms with Crippen molar-refractivity contribution in [2.24, 2.45) is 0 Å². The number of fused-ring (bicyclic) bond motifs is 1. The number of rotatable bonds is 4. The summed E-state index contributed by atoms with van der Waals surface area (Å²) < 4.78 is 33.3. The Morgan fingerprint density at radius 2 is 2.00 bits per heavy atom. The Morgan fingerprint density at radius 1 is 1.24 bits per heavy atom. The lowest BCUT2D eigenvalue weighted by molar-refractivity contribution is -0.384. The van der Waals surface area contributed by atoms with Gasteiger partial charge < -0.3 is 9.64 Å². The molecule has 2 heterocycles. The third-order valence-corrected chi connectivity index (χ3v) is 5.59. The first-order chi connectivity index (χ1) is 13.9. The number of nitro benzene ring substituents is 1. The molecule has 3 aromatic rings. The molecule has 0 saturated carbocycles. The van der Waals surface area contributed by atoms with Gasteiger partial charge in [0.05, 0.1) is 9.62 Å². The molecule has 0 spiro atoms. The summed E-state index contributed by atoms with van der Waals surface area (Å²) in [6.45, 7) is 0.833. The number of non-ortho nitro benzene ring substituents is 1. The fourth-order valence-electron chi connectivity index (χ4n) is 3.24. The summed E-state index contributed by atoms with van der Waals surface area (Å²) in [5.74, 6) is -1.67. The average molecular weight is 419 g/mol. The summed E-state index contributed by atoms with van der Waals surface area (Å²) in [7, 11) is 0. The van der Waals surface area contributed by atoms with E-state index in [2.05, 4.69) is 4.98 Å². The highest BCUT2D eigenvalue weighted by Gasteiger charge is 2.26. The second kappa shape index (κ2) is 7.70. The van der Waals surface area contributed by atoms with E-state index in [9.17, 15) is 23.7 Å². The number of hydrogen-bond acceptors (Lipinski definition) is 6. The molecule has 0 unspecified atom stereocenters. The number of carbonyl (C=O) groups is 1. The summed E-state index contributed by atoms with van der Waals surface area (Å²) in [5.41, 5.74) is 0.209. The van der Waals surface area contributed by atoms with Gasteiger partial charge in [0.2, 0.25) is 0 Å². The van der Waals surface area contributed by atoms with Crippen molar-refractivity contribution in [2.45, 2.75) is 18.9 Å². The molecule has 29 heavy (non-hydrogen) atoms. The summed E-state index contributed by atoms with van der Waals surface area (Å²) in [6.07, 6.45) is 0.860. The standard InChI is InChI=1S/C19H15F2N3O4S/c20-12-9-15(21)17-16(10-12)29-19(22-17)28-14-4-6-23(7-5-14)18(25)11-2-1-3-13(8-11)24(26)27/h1-3,8-10,14H,4-7H2. The fourth-order valence-corrected chi connectivity index (χ4v) is 4.16. The summed E-state index contributed by atoms with van der Waals surface area (Å²) >= 11 is 1.07. The monoisotopic (exact) mass is 419 g/mol. The number of amides is 1. The molecule has 0 radical (unpaired) electrons. The van der Waals surface area contributed by atoms with Crippen LogP contribution in [0.5, 0.6) is 5.19 Å². The summed E-state index contributed by atoms with van der Waals surface area (Å²) in [4.78, 5) is 28.7. The van der Waals surface area contributed by atoms with Crippen LogP contribution < -0.4 is 4.74 Å². The van der Waals surface area contributed by atoms with Crippen LogP contribution in [0.25, 0.3) is 10.2 Å². The molecule has 10 heteroatoms. The molecule has 7 nitrogen and oxygen atoms in total. The van der Waals surface area contributed by atoms with E-state index in [0.717, 1.165) is 17.4 Å². The normalized spacial score (nSPS) is 14.9. The predicted molar refractivity (Wildman–Crippen MR) is 102 cm³/mol. The van der Waals surface area contributed by atoms with Crippen LogP contribution in [-0.4, -0.2) is 39.9 Å². The van der Waals surface area contributed by atoms with Crippen molar-refractivity contribution in [3.8, 4) is 5.19 Å². The highest BCUT2D eigenvalue weighted by molar-refractivity contribution is 7.20. The minimum absolute atomic E-state index is 0.0738. The van der Waals surface area contributed by atoms with E-state index in [-0.39, 0.29) is 34.0 Å². The third kappa shape index (κ3) is 4.02. The van der Waals surface area contributed by atoms with Gasteiger partial charge in [0.25, 0.3) is 16.8 Å². The summed E-state index contributed by atoms with van der Waals surface area (Å²) in [5, 5.41) is 11.1. The Morgan fingerprint density at radius 3 is 2.72 bits per heavy atom. The van der Waals surface area contributed by atoms with Crippen LogP contribution in [0.4, 0.5) is 14.5 Å². The number of hydrogen-bond donors (Lipinski definition) is 0. The summed E-state index contributed by atoms with van der Waals surface area (Å²) in [6, 6.07) is 7.62. The first kappa shape index (κ1) is 19.2. The zero-order chi connectivity index (χ0) is 20.5. The molecule has 1 saturated heterocycles. The highest BCUT2D eigenvalue weighted by Crippen LogP contribution is 2.32. The lowest BCUT2D eigenvalue weighted by atomic mass is 10.1. The molecular formula is C19H15F2N3O4S. The van der Waals surface area contributed by atoms with Crippen LogP contribution in [0, 0.1) is 21.7 Å². The number of nitrogens with zero attached hydrogens (tertiary/aromatic N) is 3. The highest BCUT2D eigenvalue weighted by atomic mass is 32.1. The van der Waals surface area contributed by atoms with E-state index < -0.39 is 16.6 Å². The zero-order valence-electron chi connectivity index (χ0n) is 15.0. The van der Waals surface area contributed by atoms with Gasteiger partial charge in [0.1, 0.15) is 17.4 Å². The van der Waals surface area contributed by atoms with Gasteiger partial charge in [-0.2, -0.15) is 4.98 Å². The van der Waals surface area contributed by atoms with Gasteiger partial charge in [-0.05, 0) is 12.1 Å². The van der Waals surface area contributed by atoms with Crippen LogP contribution in [0.1, 0.15) is 23.2 Å². The number of nitro groups is 1. The van der Waals surface area contributed by atoms with Crippen molar-refractivity contribution < 1.29 is 23.2 Å². The number of likely N-dealkylation sites (tertiary alicyclic amines) is 1. The van der Waals surface area contributed by atoms with Crippen LogP contribution >= 0.6 is 11.3 Å². The second-order valence-electron chi connectivity index (χ2n) is 6.63. The van der Waals surface area contributed by atoms with Crippen molar-refractivity contribution in [2.75, 3.05) is 13.1 Å². The maximum Gasteiger partial charge on any atom is 0.274 e. The number of piperidine rings is 1. The van der Waals surface area contributed by atoms with E-state index in [1.54, 1.807) is 11.0 Å². The Hall–Kier alpha value is -3.14. The number of benzene rings is 2. The van der Waals surface area contributed by atoms with Crippen LogP contribution in [0.15, 0.2) is 36.4 Å². The molecule has 150 valence electrons. The fraction of sp³-hybridized carbons (Fsp3) is 0.263. The zero-order valence-corrected chi connectivity index (χ0v) is 15.8. The van der Waals surface area contributed by atoms with Gasteiger partial charge in [-0.25, -0.2) is 8.78 Å². The van der Waals surface area contributed by atoms with Crippen molar-refractivity contribution in [1.82, 2.24) is 9.88 Å². The molecule has 0 atom stereocenters. The molecular weight excluding hydrogens is 404 g/mol. The van der Waals surface area contributed by atoms with Crippen LogP contribution in [0.2, 0.25) is 0 Å². The van der Waals surface area contributed by atoms with Crippen molar-refractivity contribution in [3.05, 3.63) is 63.7 Å². The van der Waals surface area contributed by atoms with Crippen molar-refractivity contribution >= 4 is 33.1 Å². The van der Waals surface area contributed by atoms with Gasteiger partial charge in [-0.1, -0.05) is 17.4 Å². The van der Waals surface area contributed by atoms with E-state index in [4.69, 9.17) is 4.74 Å². The number of aromatic nitrogens is 1. The van der Waals surface area contributed by atoms with Crippen LogP contribution in [-0.2, 0) is 0 Å². The first-order valence-corrected chi connectivity index (χ1v) is 9.68. The number of thiazole rings is 1. The Kier molecular flexibility index (Phi) is 5.10. The maximum absolute atomic E-state index is 13.8. The van der Waals surface area contributed by atoms with E-state index >= 15 is 0 Å². The molecule has 1 aliphatic heterocycles. The molecule has 1 fully saturated rings. The average Bonchev–Trinajstić information content (AvgIpc) is 3.10. The lowest BCUT2D eigenvalue weighted by Crippen LogP contribution is -2.41. The number of ether oxygens (including phenoxy) is 1. The number of halogens is 2.